The van der Waals surface area contributed by atoms with Gasteiger partial charge in [-0.1, -0.05) is 25.5 Å². The predicted octanol–water partition coefficient (Wildman–Crippen LogP) is 4.51. The molecule has 1 atom stereocenters. The van der Waals surface area contributed by atoms with E-state index in [9.17, 15) is 13.2 Å². The summed E-state index contributed by atoms with van der Waals surface area (Å²) in [5, 5.41) is 0. The number of rotatable bonds is 4. The molecule has 0 bridgehead atoms. The summed E-state index contributed by atoms with van der Waals surface area (Å²) in [5.74, 6) is 0.871. The minimum Gasteiger partial charge on any atom is -0.166 e. The molecule has 0 saturated carbocycles. The van der Waals surface area contributed by atoms with Crippen LogP contribution in [0.1, 0.15) is 24.5 Å². The highest BCUT2D eigenvalue weighted by Gasteiger charge is 2.29. The van der Waals surface area contributed by atoms with Crippen LogP contribution in [0.4, 0.5) is 13.2 Å². The molecule has 1 aromatic rings. The van der Waals surface area contributed by atoms with E-state index in [0.717, 1.165) is 30.5 Å². The van der Waals surface area contributed by atoms with Gasteiger partial charge in [0.1, 0.15) is 0 Å². The quantitative estimate of drug-likeness (QED) is 0.690. The minimum absolute atomic E-state index is 0.332. The third-order valence-corrected chi connectivity index (χ3v) is 3.04. The Kier molecular flexibility index (Phi) is 4.66. The molecule has 90 valence electrons. The maximum Gasteiger partial charge on any atom is 0.416 e. The van der Waals surface area contributed by atoms with Gasteiger partial charge in [-0.25, -0.2) is 0 Å². The Labute approximate surface area is 98.4 Å². The van der Waals surface area contributed by atoms with Gasteiger partial charge in [0.25, 0.3) is 0 Å². The number of hydrogen-bond acceptors (Lipinski definition) is 0. The molecule has 0 nitrogen and oxygen atoms in total. The largest absolute Gasteiger partial charge is 0.416 e. The molecule has 0 aliphatic heterocycles. The highest BCUT2D eigenvalue weighted by Crippen LogP contribution is 2.29. The van der Waals surface area contributed by atoms with Crippen molar-refractivity contribution < 1.29 is 13.2 Å². The zero-order valence-corrected chi connectivity index (χ0v) is 9.78. The monoisotopic (exact) mass is 250 g/mol. The van der Waals surface area contributed by atoms with E-state index >= 15 is 0 Å². The molecule has 0 spiro atoms. The van der Waals surface area contributed by atoms with E-state index in [2.05, 4.69) is 0 Å². The zero-order chi connectivity index (χ0) is 12.2. The van der Waals surface area contributed by atoms with E-state index in [1.165, 1.54) is 12.1 Å². The highest BCUT2D eigenvalue weighted by molar-refractivity contribution is 6.18. The molecule has 0 N–H and O–H groups in total. The highest BCUT2D eigenvalue weighted by atomic mass is 35.5. The topological polar surface area (TPSA) is 0 Å². The van der Waals surface area contributed by atoms with Crippen LogP contribution in [-0.4, -0.2) is 5.88 Å². The van der Waals surface area contributed by atoms with Crippen LogP contribution in [0.2, 0.25) is 0 Å². The van der Waals surface area contributed by atoms with Crippen LogP contribution >= 0.6 is 11.6 Å². The Morgan fingerprint density at radius 3 is 2.12 bits per heavy atom. The normalized spacial score (nSPS) is 13.8. The smallest absolute Gasteiger partial charge is 0.166 e. The van der Waals surface area contributed by atoms with Gasteiger partial charge < -0.3 is 0 Å². The molecule has 0 saturated heterocycles. The molecule has 0 heterocycles. The fourth-order valence-electron chi connectivity index (χ4n) is 1.47. The van der Waals surface area contributed by atoms with E-state index in [1.54, 1.807) is 0 Å². The van der Waals surface area contributed by atoms with Crippen molar-refractivity contribution in [2.75, 3.05) is 5.88 Å². The number of hydrogen-bond donors (Lipinski definition) is 0. The van der Waals surface area contributed by atoms with Gasteiger partial charge in [-0.15, -0.1) is 11.6 Å². The van der Waals surface area contributed by atoms with Gasteiger partial charge in [-0.3, -0.25) is 0 Å². The Balaban J connectivity index is 2.72. The molecular weight excluding hydrogens is 237 g/mol. The summed E-state index contributed by atoms with van der Waals surface area (Å²) < 4.78 is 36.9. The predicted molar refractivity (Wildman–Crippen MR) is 59.6 cm³/mol. The van der Waals surface area contributed by atoms with Crippen molar-refractivity contribution in [2.24, 2.45) is 5.92 Å². The van der Waals surface area contributed by atoms with Gasteiger partial charge in [0, 0.05) is 5.88 Å². The SMILES string of the molecule is CCC(CCl)Cc1ccc(C(F)(F)F)cc1. The second-order valence-corrected chi connectivity index (χ2v) is 4.14. The van der Waals surface area contributed by atoms with Crippen molar-refractivity contribution in [3.8, 4) is 0 Å². The molecule has 0 aromatic heterocycles. The fourth-order valence-corrected chi connectivity index (χ4v) is 1.80. The molecule has 0 fully saturated rings. The van der Waals surface area contributed by atoms with Crippen molar-refractivity contribution in [3.63, 3.8) is 0 Å². The number of benzene rings is 1. The summed E-state index contributed by atoms with van der Waals surface area (Å²) in [6, 6.07) is 5.29. The summed E-state index contributed by atoms with van der Waals surface area (Å²) in [4.78, 5) is 0. The Bertz CT molecular complexity index is 312. The van der Waals surface area contributed by atoms with E-state index in [-0.39, 0.29) is 0 Å². The molecule has 4 heteroatoms. The Hall–Kier alpha value is -0.700. The first-order valence-corrected chi connectivity index (χ1v) is 5.73. The molecule has 0 radical (unpaired) electrons. The van der Waals surface area contributed by atoms with Crippen molar-refractivity contribution in [2.45, 2.75) is 25.9 Å². The molecule has 1 rings (SSSR count). The lowest BCUT2D eigenvalue weighted by atomic mass is 9.98. The van der Waals surface area contributed by atoms with E-state index in [1.807, 2.05) is 6.92 Å². The maximum atomic E-state index is 12.3. The van der Waals surface area contributed by atoms with Gasteiger partial charge in [0.05, 0.1) is 5.56 Å². The van der Waals surface area contributed by atoms with E-state index in [4.69, 9.17) is 11.6 Å². The van der Waals surface area contributed by atoms with E-state index in [0.29, 0.717) is 11.8 Å². The van der Waals surface area contributed by atoms with Crippen molar-refractivity contribution in [1.82, 2.24) is 0 Å². The third kappa shape index (κ3) is 3.71. The molecule has 1 unspecified atom stereocenters. The number of alkyl halides is 4. The third-order valence-electron chi connectivity index (χ3n) is 2.60. The summed E-state index contributed by atoms with van der Waals surface area (Å²) in [6.45, 7) is 2.02. The van der Waals surface area contributed by atoms with Crippen LogP contribution in [-0.2, 0) is 12.6 Å². The first kappa shape index (κ1) is 13.4. The summed E-state index contributed by atoms with van der Waals surface area (Å²) in [7, 11) is 0. The molecule has 1 aromatic carbocycles. The van der Waals surface area contributed by atoms with Crippen molar-refractivity contribution >= 4 is 11.6 Å². The molecule has 16 heavy (non-hydrogen) atoms. The van der Waals surface area contributed by atoms with Crippen LogP contribution < -0.4 is 0 Å². The van der Waals surface area contributed by atoms with Crippen LogP contribution in [0.25, 0.3) is 0 Å². The second kappa shape index (κ2) is 5.58. The van der Waals surface area contributed by atoms with Gasteiger partial charge >= 0.3 is 6.18 Å². The molecule has 0 amide bonds. The lowest BCUT2D eigenvalue weighted by Gasteiger charge is -2.12. The van der Waals surface area contributed by atoms with Gasteiger partial charge in [-0.05, 0) is 30.0 Å². The summed E-state index contributed by atoms with van der Waals surface area (Å²) >= 11 is 5.74. The van der Waals surface area contributed by atoms with Crippen LogP contribution in [0, 0.1) is 5.92 Å². The van der Waals surface area contributed by atoms with Crippen molar-refractivity contribution in [3.05, 3.63) is 35.4 Å². The Morgan fingerprint density at radius 2 is 1.75 bits per heavy atom. The average Bonchev–Trinajstić information content (AvgIpc) is 2.25. The lowest BCUT2D eigenvalue weighted by Crippen LogP contribution is -2.07. The van der Waals surface area contributed by atoms with Crippen molar-refractivity contribution in [1.29, 1.82) is 0 Å². The van der Waals surface area contributed by atoms with Crippen LogP contribution in [0.3, 0.4) is 0 Å². The Morgan fingerprint density at radius 1 is 1.19 bits per heavy atom. The maximum absolute atomic E-state index is 12.3. The second-order valence-electron chi connectivity index (χ2n) is 3.83. The molecular formula is C12H14ClF3. The van der Waals surface area contributed by atoms with Crippen LogP contribution in [0.5, 0.6) is 0 Å². The summed E-state index contributed by atoms with van der Waals surface area (Å²) in [5.41, 5.74) is 0.302. The van der Waals surface area contributed by atoms with Gasteiger partial charge in [-0.2, -0.15) is 13.2 Å². The number of halogens is 4. The first-order valence-electron chi connectivity index (χ1n) is 5.19. The zero-order valence-electron chi connectivity index (χ0n) is 9.02. The molecule has 0 aliphatic carbocycles. The standard InChI is InChI=1S/C12H14ClF3/c1-2-9(8-13)7-10-3-5-11(6-4-10)12(14,15)16/h3-6,9H,2,7-8H2,1H3. The van der Waals surface area contributed by atoms with Crippen LogP contribution in [0.15, 0.2) is 24.3 Å². The van der Waals surface area contributed by atoms with Gasteiger partial charge in [0.15, 0.2) is 0 Å². The lowest BCUT2D eigenvalue weighted by molar-refractivity contribution is -0.137. The van der Waals surface area contributed by atoms with E-state index < -0.39 is 11.7 Å². The van der Waals surface area contributed by atoms with Gasteiger partial charge in [0.2, 0.25) is 0 Å². The molecule has 0 aliphatic rings. The fraction of sp³-hybridized carbons (Fsp3) is 0.500. The minimum atomic E-state index is -4.25. The first-order chi connectivity index (χ1) is 7.47. The average molecular weight is 251 g/mol. The summed E-state index contributed by atoms with van der Waals surface area (Å²) in [6.07, 6.45) is -2.59.